The molecule has 0 heterocycles. The minimum absolute atomic E-state index is 0.0903. The van der Waals surface area contributed by atoms with Crippen molar-refractivity contribution in [2.75, 3.05) is 0 Å². The molecule has 0 fully saturated rings. The standard InChI is InChI=1S/C11H13NO/c1-3-8-12-11(13)10-7-5-4-6-9(10)2/h3-5,7-8H,2,6H2,1H3,(H,12,13)/b8-3+. The Hall–Kier alpha value is -1.57. The number of nitrogens with one attached hydrogen (secondary N) is 1. The molecular formula is C11H13NO. The highest BCUT2D eigenvalue weighted by Gasteiger charge is 2.11. The molecule has 0 unspecified atom stereocenters. The average molecular weight is 175 g/mol. The van der Waals surface area contributed by atoms with Crippen LogP contribution in [0.2, 0.25) is 0 Å². The van der Waals surface area contributed by atoms with Crippen LogP contribution in [0, 0.1) is 0 Å². The van der Waals surface area contributed by atoms with Gasteiger partial charge in [-0.3, -0.25) is 4.79 Å². The van der Waals surface area contributed by atoms with Gasteiger partial charge in [0.25, 0.3) is 5.91 Å². The first kappa shape index (κ1) is 9.52. The number of allylic oxidation sites excluding steroid dienone is 4. The Morgan fingerprint density at radius 2 is 2.46 bits per heavy atom. The van der Waals surface area contributed by atoms with Crippen molar-refractivity contribution in [3.63, 3.8) is 0 Å². The van der Waals surface area contributed by atoms with Crippen molar-refractivity contribution in [2.45, 2.75) is 13.3 Å². The van der Waals surface area contributed by atoms with E-state index in [0.717, 1.165) is 12.0 Å². The van der Waals surface area contributed by atoms with Crippen LogP contribution in [0.25, 0.3) is 0 Å². The van der Waals surface area contributed by atoms with Crippen LogP contribution in [0.1, 0.15) is 13.3 Å². The van der Waals surface area contributed by atoms with Crippen LogP contribution in [-0.2, 0) is 4.79 Å². The minimum Gasteiger partial charge on any atom is -0.329 e. The molecule has 0 atom stereocenters. The van der Waals surface area contributed by atoms with Crippen molar-refractivity contribution >= 4 is 5.91 Å². The zero-order chi connectivity index (χ0) is 9.68. The molecule has 0 aromatic heterocycles. The van der Waals surface area contributed by atoms with Gasteiger partial charge >= 0.3 is 0 Å². The molecule has 1 N–H and O–H groups in total. The Morgan fingerprint density at radius 1 is 1.69 bits per heavy atom. The second-order valence-corrected chi connectivity index (χ2v) is 2.79. The fraction of sp³-hybridized carbons (Fsp3) is 0.182. The molecule has 0 saturated heterocycles. The summed E-state index contributed by atoms with van der Waals surface area (Å²) in [5.74, 6) is -0.0903. The third kappa shape index (κ3) is 2.44. The lowest BCUT2D eigenvalue weighted by Crippen LogP contribution is -2.20. The summed E-state index contributed by atoms with van der Waals surface area (Å²) in [6.07, 6.45) is 9.79. The van der Waals surface area contributed by atoms with Gasteiger partial charge in [0.1, 0.15) is 0 Å². The van der Waals surface area contributed by atoms with Gasteiger partial charge in [0.15, 0.2) is 0 Å². The fourth-order valence-electron chi connectivity index (χ4n) is 1.08. The van der Waals surface area contributed by atoms with E-state index >= 15 is 0 Å². The maximum Gasteiger partial charge on any atom is 0.255 e. The van der Waals surface area contributed by atoms with Gasteiger partial charge in [-0.1, -0.05) is 24.8 Å². The van der Waals surface area contributed by atoms with E-state index in [2.05, 4.69) is 11.9 Å². The highest BCUT2D eigenvalue weighted by Crippen LogP contribution is 2.17. The van der Waals surface area contributed by atoms with E-state index in [1.165, 1.54) is 0 Å². The first-order valence-corrected chi connectivity index (χ1v) is 4.22. The predicted octanol–water partition coefficient (Wildman–Crippen LogP) is 2.08. The highest BCUT2D eigenvalue weighted by atomic mass is 16.1. The van der Waals surface area contributed by atoms with Crippen LogP contribution < -0.4 is 5.32 Å². The van der Waals surface area contributed by atoms with Crippen molar-refractivity contribution in [3.05, 3.63) is 48.2 Å². The predicted molar refractivity (Wildman–Crippen MR) is 53.9 cm³/mol. The smallest absolute Gasteiger partial charge is 0.255 e. The van der Waals surface area contributed by atoms with E-state index < -0.39 is 0 Å². The van der Waals surface area contributed by atoms with Gasteiger partial charge in [-0.2, -0.15) is 0 Å². The van der Waals surface area contributed by atoms with E-state index in [1.54, 1.807) is 18.4 Å². The lowest BCUT2D eigenvalue weighted by molar-refractivity contribution is -0.116. The van der Waals surface area contributed by atoms with Crippen molar-refractivity contribution in [1.82, 2.24) is 5.32 Å². The average Bonchev–Trinajstić information content (AvgIpc) is 2.15. The summed E-state index contributed by atoms with van der Waals surface area (Å²) >= 11 is 0. The first-order valence-electron chi connectivity index (χ1n) is 4.22. The quantitative estimate of drug-likeness (QED) is 0.684. The normalized spacial score (nSPS) is 16.1. The summed E-state index contributed by atoms with van der Waals surface area (Å²) in [5.41, 5.74) is 1.53. The SMILES string of the molecule is C=C1CC=CC=C1C(=O)N/C=C/C. The largest absolute Gasteiger partial charge is 0.329 e. The Bertz CT molecular complexity index is 308. The molecule has 2 heteroatoms. The topological polar surface area (TPSA) is 29.1 Å². The third-order valence-electron chi connectivity index (χ3n) is 1.77. The number of amides is 1. The van der Waals surface area contributed by atoms with Crippen LogP contribution in [0.3, 0.4) is 0 Å². The zero-order valence-corrected chi connectivity index (χ0v) is 7.71. The van der Waals surface area contributed by atoms with Gasteiger partial charge in [-0.25, -0.2) is 0 Å². The van der Waals surface area contributed by atoms with Gasteiger partial charge in [0.05, 0.1) is 0 Å². The number of rotatable bonds is 2. The maximum atomic E-state index is 11.4. The molecule has 1 rings (SSSR count). The molecule has 0 aliphatic heterocycles. The van der Waals surface area contributed by atoms with E-state index in [4.69, 9.17) is 0 Å². The monoisotopic (exact) mass is 175 g/mol. The molecule has 1 aliphatic rings. The van der Waals surface area contributed by atoms with Gasteiger partial charge in [0.2, 0.25) is 0 Å². The van der Waals surface area contributed by atoms with Crippen molar-refractivity contribution in [1.29, 1.82) is 0 Å². The molecule has 68 valence electrons. The summed E-state index contributed by atoms with van der Waals surface area (Å²) in [6, 6.07) is 0. The number of hydrogen-bond donors (Lipinski definition) is 1. The maximum absolute atomic E-state index is 11.4. The molecule has 0 bridgehead atoms. The second kappa shape index (κ2) is 4.45. The molecule has 1 aliphatic carbocycles. The summed E-state index contributed by atoms with van der Waals surface area (Å²) in [5, 5.41) is 2.65. The summed E-state index contributed by atoms with van der Waals surface area (Å²) < 4.78 is 0. The molecule has 0 aromatic rings. The number of carbonyl (C=O) groups is 1. The van der Waals surface area contributed by atoms with Crippen LogP contribution >= 0.6 is 0 Å². The number of carbonyl (C=O) groups excluding carboxylic acids is 1. The van der Waals surface area contributed by atoms with Crippen LogP contribution in [0.4, 0.5) is 0 Å². The van der Waals surface area contributed by atoms with Gasteiger partial charge in [-0.15, -0.1) is 0 Å². The van der Waals surface area contributed by atoms with Crippen LogP contribution in [-0.4, -0.2) is 5.91 Å². The molecule has 2 nitrogen and oxygen atoms in total. The number of hydrogen-bond acceptors (Lipinski definition) is 1. The van der Waals surface area contributed by atoms with E-state index in [-0.39, 0.29) is 5.91 Å². The molecule has 0 aromatic carbocycles. The Balaban J connectivity index is 2.70. The van der Waals surface area contributed by atoms with E-state index in [0.29, 0.717) is 5.57 Å². The second-order valence-electron chi connectivity index (χ2n) is 2.79. The third-order valence-corrected chi connectivity index (χ3v) is 1.77. The summed E-state index contributed by atoms with van der Waals surface area (Å²) in [4.78, 5) is 11.4. The molecular weight excluding hydrogens is 162 g/mol. The van der Waals surface area contributed by atoms with Gasteiger partial charge < -0.3 is 5.32 Å². The van der Waals surface area contributed by atoms with Crippen LogP contribution in [0.5, 0.6) is 0 Å². The zero-order valence-electron chi connectivity index (χ0n) is 7.71. The van der Waals surface area contributed by atoms with Crippen molar-refractivity contribution < 1.29 is 4.79 Å². The van der Waals surface area contributed by atoms with Gasteiger partial charge in [0, 0.05) is 5.57 Å². The Labute approximate surface area is 78.3 Å². The van der Waals surface area contributed by atoms with E-state index in [1.807, 2.05) is 19.1 Å². The summed E-state index contributed by atoms with van der Waals surface area (Å²) in [7, 11) is 0. The molecule has 13 heavy (non-hydrogen) atoms. The Kier molecular flexibility index (Phi) is 3.26. The lowest BCUT2D eigenvalue weighted by Gasteiger charge is -2.09. The molecule has 0 radical (unpaired) electrons. The highest BCUT2D eigenvalue weighted by molar-refractivity contribution is 5.98. The van der Waals surface area contributed by atoms with Crippen LogP contribution in [0.15, 0.2) is 48.2 Å². The first-order chi connectivity index (χ1) is 6.25. The lowest BCUT2D eigenvalue weighted by atomic mass is 9.99. The van der Waals surface area contributed by atoms with E-state index in [9.17, 15) is 4.79 Å². The summed E-state index contributed by atoms with van der Waals surface area (Å²) in [6.45, 7) is 5.67. The molecule has 0 saturated carbocycles. The van der Waals surface area contributed by atoms with Crippen molar-refractivity contribution in [3.8, 4) is 0 Å². The van der Waals surface area contributed by atoms with Crippen molar-refractivity contribution in [2.24, 2.45) is 0 Å². The molecule has 1 amide bonds. The fourth-order valence-corrected chi connectivity index (χ4v) is 1.08. The molecule has 0 spiro atoms. The Morgan fingerprint density at radius 3 is 3.08 bits per heavy atom. The van der Waals surface area contributed by atoms with Gasteiger partial charge in [-0.05, 0) is 31.2 Å². The minimum atomic E-state index is -0.0903.